The molecule has 0 saturated carbocycles. The molecule has 4 aromatic rings. The molecule has 0 fully saturated rings. The van der Waals surface area contributed by atoms with Crippen molar-refractivity contribution in [1.82, 2.24) is 9.97 Å². The van der Waals surface area contributed by atoms with Gasteiger partial charge in [0, 0.05) is 22.5 Å². The molecule has 5 nitrogen and oxygen atoms in total. The Hall–Kier alpha value is -3.12. The van der Waals surface area contributed by atoms with Gasteiger partial charge in [0.25, 0.3) is 5.91 Å². The van der Waals surface area contributed by atoms with Gasteiger partial charge in [-0.05, 0) is 25.1 Å². The third-order valence-electron chi connectivity index (χ3n) is 3.81. The van der Waals surface area contributed by atoms with Crippen molar-refractivity contribution >= 4 is 33.3 Å². The number of amides is 1. The molecule has 0 aliphatic heterocycles. The van der Waals surface area contributed by atoms with Crippen LogP contribution in [0.1, 0.15) is 15.2 Å². The lowest BCUT2D eigenvalue weighted by atomic mass is 10.1. The Bertz CT molecular complexity index is 1060. The lowest BCUT2D eigenvalue weighted by Gasteiger charge is -2.07. The molecule has 1 amide bonds. The monoisotopic (exact) mass is 347 g/mol. The number of para-hydroxylation sites is 1. The quantitative estimate of drug-likeness (QED) is 0.614. The standard InChI is InChI=1S/C19H14N4OS/c1-12-10-21-19(25-12)23-18(24)15-6-2-4-13-7-8-16(22-17(13)15)14-5-3-9-20-11-14/h2-11H,1H3,(H,21,23,24)/p+1. The molecule has 0 atom stereocenters. The number of fused-ring (bicyclic) bond motifs is 1. The predicted octanol–water partition coefficient (Wildman–Crippen LogP) is 3.73. The summed E-state index contributed by atoms with van der Waals surface area (Å²) in [5, 5.41) is 4.37. The number of carbonyl (C=O) groups is 1. The fourth-order valence-corrected chi connectivity index (χ4v) is 3.28. The number of thiazole rings is 1. The second kappa shape index (κ2) is 6.41. The SMILES string of the molecule is Cc1cnc(NC(=O)c2cccc3ccc(-c4ccc[nH+]c4)nc23)s1. The van der Waals surface area contributed by atoms with Gasteiger partial charge < -0.3 is 0 Å². The first-order valence-electron chi connectivity index (χ1n) is 7.81. The van der Waals surface area contributed by atoms with Gasteiger partial charge in [-0.15, -0.1) is 11.3 Å². The van der Waals surface area contributed by atoms with Crippen molar-refractivity contribution in [2.24, 2.45) is 0 Å². The summed E-state index contributed by atoms with van der Waals surface area (Å²) in [6.45, 7) is 1.95. The van der Waals surface area contributed by atoms with E-state index in [1.54, 1.807) is 12.3 Å². The van der Waals surface area contributed by atoms with Crippen LogP contribution in [0.15, 0.2) is 61.1 Å². The summed E-state index contributed by atoms with van der Waals surface area (Å²) >= 11 is 1.45. The Morgan fingerprint density at radius 2 is 2.08 bits per heavy atom. The van der Waals surface area contributed by atoms with E-state index in [9.17, 15) is 4.79 Å². The molecular formula is C19H15N4OS+. The molecule has 6 heteroatoms. The minimum atomic E-state index is -0.204. The van der Waals surface area contributed by atoms with E-state index in [-0.39, 0.29) is 5.91 Å². The molecule has 2 N–H and O–H groups in total. The van der Waals surface area contributed by atoms with E-state index in [1.165, 1.54) is 11.3 Å². The number of hydrogen-bond donors (Lipinski definition) is 1. The van der Waals surface area contributed by atoms with Crippen LogP contribution < -0.4 is 10.3 Å². The number of benzene rings is 1. The Morgan fingerprint density at radius 3 is 2.84 bits per heavy atom. The van der Waals surface area contributed by atoms with Crippen molar-refractivity contribution in [3.05, 3.63) is 71.5 Å². The van der Waals surface area contributed by atoms with Crippen LogP contribution in [-0.2, 0) is 0 Å². The van der Waals surface area contributed by atoms with E-state index >= 15 is 0 Å². The second-order valence-corrected chi connectivity index (χ2v) is 6.83. The number of nitrogens with zero attached hydrogens (tertiary/aromatic N) is 2. The highest BCUT2D eigenvalue weighted by atomic mass is 32.1. The lowest BCUT2D eigenvalue weighted by Crippen LogP contribution is -2.12. The first kappa shape index (κ1) is 15.4. The molecular weight excluding hydrogens is 332 g/mol. The van der Waals surface area contributed by atoms with Gasteiger partial charge >= 0.3 is 0 Å². The van der Waals surface area contributed by atoms with Crippen molar-refractivity contribution in [2.45, 2.75) is 6.92 Å². The number of nitrogens with one attached hydrogen (secondary N) is 2. The molecule has 4 rings (SSSR count). The first-order valence-corrected chi connectivity index (χ1v) is 8.62. The second-order valence-electron chi connectivity index (χ2n) is 5.60. The van der Waals surface area contributed by atoms with E-state index in [4.69, 9.17) is 4.98 Å². The Morgan fingerprint density at radius 1 is 1.16 bits per heavy atom. The summed E-state index contributed by atoms with van der Waals surface area (Å²) < 4.78 is 0. The highest BCUT2D eigenvalue weighted by Crippen LogP contribution is 2.24. The normalized spacial score (nSPS) is 10.8. The molecule has 0 saturated heterocycles. The van der Waals surface area contributed by atoms with Gasteiger partial charge in [-0.3, -0.25) is 10.1 Å². The van der Waals surface area contributed by atoms with Gasteiger partial charge in [-0.1, -0.05) is 18.2 Å². The number of hydrogen-bond acceptors (Lipinski definition) is 4. The van der Waals surface area contributed by atoms with Crippen LogP contribution in [0.25, 0.3) is 22.2 Å². The van der Waals surface area contributed by atoms with Crippen molar-refractivity contribution < 1.29 is 9.78 Å². The smallest absolute Gasteiger partial charge is 0.259 e. The van der Waals surface area contributed by atoms with Crippen molar-refractivity contribution in [3.8, 4) is 11.3 Å². The number of H-pyrrole nitrogens is 1. The number of pyridine rings is 2. The summed E-state index contributed by atoms with van der Waals surface area (Å²) in [6.07, 6.45) is 5.47. The molecule has 0 aliphatic rings. The van der Waals surface area contributed by atoms with E-state index in [1.807, 2.05) is 55.7 Å². The third-order valence-corrected chi connectivity index (χ3v) is 4.64. The van der Waals surface area contributed by atoms with Crippen LogP contribution in [0.4, 0.5) is 5.13 Å². The van der Waals surface area contributed by atoms with Crippen LogP contribution in [0.2, 0.25) is 0 Å². The van der Waals surface area contributed by atoms with Gasteiger partial charge in [0.2, 0.25) is 0 Å². The maximum atomic E-state index is 12.7. The van der Waals surface area contributed by atoms with E-state index < -0.39 is 0 Å². The zero-order valence-electron chi connectivity index (χ0n) is 13.5. The Labute approximate surface area is 148 Å². The van der Waals surface area contributed by atoms with Crippen LogP contribution in [0.5, 0.6) is 0 Å². The molecule has 0 spiro atoms. The van der Waals surface area contributed by atoms with Gasteiger partial charge in [0.1, 0.15) is 0 Å². The average Bonchev–Trinajstić information content (AvgIpc) is 3.06. The fraction of sp³-hybridized carbons (Fsp3) is 0.0526. The summed E-state index contributed by atoms with van der Waals surface area (Å²) in [6, 6.07) is 13.4. The zero-order chi connectivity index (χ0) is 17.2. The molecule has 3 heterocycles. The molecule has 3 aromatic heterocycles. The first-order chi connectivity index (χ1) is 12.2. The minimum absolute atomic E-state index is 0.204. The molecule has 1 aromatic carbocycles. The van der Waals surface area contributed by atoms with E-state index in [0.29, 0.717) is 16.2 Å². The maximum Gasteiger partial charge on any atom is 0.259 e. The molecule has 25 heavy (non-hydrogen) atoms. The lowest BCUT2D eigenvalue weighted by molar-refractivity contribution is -0.377. The highest BCUT2D eigenvalue weighted by molar-refractivity contribution is 7.15. The number of aryl methyl sites for hydroxylation is 1. The molecule has 0 unspecified atom stereocenters. The van der Waals surface area contributed by atoms with Gasteiger partial charge in [0.05, 0.1) is 22.3 Å². The highest BCUT2D eigenvalue weighted by Gasteiger charge is 2.14. The van der Waals surface area contributed by atoms with Crippen LogP contribution >= 0.6 is 11.3 Å². The van der Waals surface area contributed by atoms with Gasteiger partial charge in [0.15, 0.2) is 17.5 Å². The Balaban J connectivity index is 1.76. The van der Waals surface area contributed by atoms with Crippen molar-refractivity contribution in [1.29, 1.82) is 0 Å². The largest absolute Gasteiger partial charge is 0.298 e. The van der Waals surface area contributed by atoms with Crippen LogP contribution in [0.3, 0.4) is 0 Å². The van der Waals surface area contributed by atoms with Gasteiger partial charge in [-0.25, -0.2) is 15.0 Å². The summed E-state index contributed by atoms with van der Waals surface area (Å²) in [5.74, 6) is -0.204. The third kappa shape index (κ3) is 3.12. The topological polar surface area (TPSA) is 69.0 Å². The van der Waals surface area contributed by atoms with Crippen molar-refractivity contribution in [2.75, 3.05) is 5.32 Å². The molecule has 0 bridgehead atoms. The number of aromatic amines is 1. The number of aromatic nitrogens is 3. The summed E-state index contributed by atoms with van der Waals surface area (Å²) in [5.41, 5.74) is 2.99. The number of rotatable bonds is 3. The van der Waals surface area contributed by atoms with Gasteiger partial charge in [-0.2, -0.15) is 0 Å². The van der Waals surface area contributed by atoms with Crippen LogP contribution in [0, 0.1) is 6.92 Å². The average molecular weight is 347 g/mol. The predicted molar refractivity (Wildman–Crippen MR) is 98.5 cm³/mol. The van der Waals surface area contributed by atoms with Crippen molar-refractivity contribution in [3.63, 3.8) is 0 Å². The zero-order valence-corrected chi connectivity index (χ0v) is 14.3. The molecule has 122 valence electrons. The summed E-state index contributed by atoms with van der Waals surface area (Å²) in [4.78, 5) is 25.7. The fourth-order valence-electron chi connectivity index (χ4n) is 2.62. The number of carbonyl (C=O) groups excluding carboxylic acids is 1. The van der Waals surface area contributed by atoms with Crippen LogP contribution in [-0.4, -0.2) is 15.9 Å². The van der Waals surface area contributed by atoms with E-state index in [0.717, 1.165) is 21.5 Å². The minimum Gasteiger partial charge on any atom is -0.298 e. The van der Waals surface area contributed by atoms with E-state index in [2.05, 4.69) is 15.3 Å². The Kier molecular flexibility index (Phi) is 3.95. The molecule has 0 radical (unpaired) electrons. The number of anilines is 1. The summed E-state index contributed by atoms with van der Waals surface area (Å²) in [7, 11) is 0. The maximum absolute atomic E-state index is 12.7. The molecule has 0 aliphatic carbocycles.